The molecule has 4 rings (SSSR count). The summed E-state index contributed by atoms with van der Waals surface area (Å²) < 4.78 is 11.6. The fourth-order valence-electron chi connectivity index (χ4n) is 5.39. The minimum absolute atomic E-state index is 0.291. The summed E-state index contributed by atoms with van der Waals surface area (Å²) in [6.07, 6.45) is 1.68. The van der Waals surface area contributed by atoms with Crippen LogP contribution in [0.25, 0.3) is 0 Å². The van der Waals surface area contributed by atoms with Crippen LogP contribution in [0.15, 0.2) is 29.3 Å². The van der Waals surface area contributed by atoms with Crippen molar-refractivity contribution in [1.82, 2.24) is 9.88 Å². The third kappa shape index (κ3) is 6.06. The molecule has 6 nitrogen and oxygen atoms in total. The van der Waals surface area contributed by atoms with Crippen molar-refractivity contribution in [2.24, 2.45) is 0 Å². The first-order valence-corrected chi connectivity index (χ1v) is 14.0. The zero-order valence-corrected chi connectivity index (χ0v) is 23.5. The maximum atomic E-state index is 10.2. The quantitative estimate of drug-likeness (QED) is 0.465. The average molecular weight is 509 g/mol. The predicted molar refractivity (Wildman–Crippen MR) is 147 cm³/mol. The monoisotopic (exact) mass is 508 g/mol. The zero-order valence-electron chi connectivity index (χ0n) is 22.6. The van der Waals surface area contributed by atoms with Gasteiger partial charge in [-0.05, 0) is 52.2 Å². The van der Waals surface area contributed by atoms with Crippen molar-refractivity contribution in [3.05, 3.63) is 52.1 Å². The van der Waals surface area contributed by atoms with E-state index in [1.807, 2.05) is 0 Å². The van der Waals surface area contributed by atoms with Crippen molar-refractivity contribution < 1.29 is 9.47 Å². The van der Waals surface area contributed by atoms with Gasteiger partial charge in [-0.15, -0.1) is 11.8 Å². The minimum atomic E-state index is -0.291. The molecule has 1 saturated heterocycles. The van der Waals surface area contributed by atoms with E-state index >= 15 is 0 Å². The number of fused-ring (bicyclic) bond motifs is 1. The molecule has 2 aliphatic rings. The first kappa shape index (κ1) is 26.9. The summed E-state index contributed by atoms with van der Waals surface area (Å²) in [6, 6.07) is 12.0. The molecule has 194 valence electrons. The van der Waals surface area contributed by atoms with Crippen LogP contribution < -0.4 is 4.90 Å². The second kappa shape index (κ2) is 11.5. The number of rotatable bonds is 8. The molecule has 2 aliphatic heterocycles. The summed E-state index contributed by atoms with van der Waals surface area (Å²) in [5.74, 6) is 1.89. The van der Waals surface area contributed by atoms with Crippen molar-refractivity contribution in [2.75, 3.05) is 44.0 Å². The molecule has 0 N–H and O–H groups in total. The molecule has 1 fully saturated rings. The van der Waals surface area contributed by atoms with Gasteiger partial charge in [-0.3, -0.25) is 4.90 Å². The molecule has 0 aliphatic carbocycles. The van der Waals surface area contributed by atoms with Crippen molar-refractivity contribution in [3.63, 3.8) is 0 Å². The summed E-state index contributed by atoms with van der Waals surface area (Å²) in [7, 11) is 1.76. The van der Waals surface area contributed by atoms with E-state index < -0.39 is 0 Å². The van der Waals surface area contributed by atoms with Gasteiger partial charge < -0.3 is 14.4 Å². The fraction of sp³-hybridized carbons (Fsp3) is 0.586. The molecule has 0 spiro atoms. The predicted octanol–water partition coefficient (Wildman–Crippen LogP) is 4.99. The molecule has 1 aromatic carbocycles. The first-order valence-electron chi connectivity index (χ1n) is 13.0. The van der Waals surface area contributed by atoms with Gasteiger partial charge in [0.2, 0.25) is 0 Å². The van der Waals surface area contributed by atoms with E-state index in [2.05, 4.69) is 74.8 Å². The highest BCUT2D eigenvalue weighted by atomic mass is 32.2. The molecule has 7 heteroatoms. The van der Waals surface area contributed by atoms with Crippen LogP contribution in [0.4, 0.5) is 5.82 Å². The summed E-state index contributed by atoms with van der Waals surface area (Å²) in [4.78, 5) is 10.1. The molecule has 0 saturated carbocycles. The average Bonchev–Trinajstić information content (AvgIpc) is 2.83. The smallest absolute Gasteiger partial charge is 0.135 e. The van der Waals surface area contributed by atoms with Crippen molar-refractivity contribution in [1.29, 1.82) is 5.26 Å². The molecular weight excluding hydrogens is 468 g/mol. The van der Waals surface area contributed by atoms with Crippen LogP contribution in [-0.4, -0.2) is 66.7 Å². The summed E-state index contributed by atoms with van der Waals surface area (Å²) in [6.45, 7) is 14.9. The van der Waals surface area contributed by atoms with Gasteiger partial charge in [-0.1, -0.05) is 29.8 Å². The summed E-state index contributed by atoms with van der Waals surface area (Å²) in [5, 5.41) is 11.1. The Kier molecular flexibility index (Phi) is 8.62. The zero-order chi connectivity index (χ0) is 25.9. The van der Waals surface area contributed by atoms with E-state index in [4.69, 9.17) is 14.5 Å². The number of pyridine rings is 1. The molecule has 36 heavy (non-hydrogen) atoms. The molecule has 2 unspecified atom stereocenters. The lowest BCUT2D eigenvalue weighted by Gasteiger charge is -2.46. The van der Waals surface area contributed by atoms with E-state index in [1.54, 1.807) is 18.9 Å². The Bertz CT molecular complexity index is 1080. The lowest BCUT2D eigenvalue weighted by atomic mass is 9.89. The third-order valence-electron chi connectivity index (χ3n) is 7.38. The molecule has 0 radical (unpaired) electrons. The highest BCUT2D eigenvalue weighted by molar-refractivity contribution is 7.99. The van der Waals surface area contributed by atoms with Gasteiger partial charge in [0, 0.05) is 56.6 Å². The number of benzene rings is 1. The van der Waals surface area contributed by atoms with E-state index in [-0.39, 0.29) is 5.60 Å². The van der Waals surface area contributed by atoms with Crippen LogP contribution >= 0.6 is 11.8 Å². The molecule has 0 bridgehead atoms. The highest BCUT2D eigenvalue weighted by Gasteiger charge is 2.36. The topological polar surface area (TPSA) is 61.6 Å². The van der Waals surface area contributed by atoms with Gasteiger partial charge in [0.05, 0.1) is 24.4 Å². The molecular formula is C29H40N4O2S. The Morgan fingerprint density at radius 2 is 1.86 bits per heavy atom. The summed E-state index contributed by atoms with van der Waals surface area (Å²) >= 11 is 1.71. The molecule has 2 aromatic rings. The Morgan fingerprint density at radius 3 is 2.50 bits per heavy atom. The Labute approximate surface area is 221 Å². The number of aromatic nitrogens is 1. The number of hydrogen-bond donors (Lipinski definition) is 0. The standard InChI is InChI=1S/C29H40N4O2S/c1-20-7-9-23(10-8-20)11-14-36-28-25(16-30)24-15-29(4,5)35-19-26(24)27(31-28)32-17-21(2)33(12-13-34-6)22(3)18-32/h7-10,21-22H,11-15,17-19H2,1-6H3. The van der Waals surface area contributed by atoms with Crippen LogP contribution in [0, 0.1) is 18.3 Å². The van der Waals surface area contributed by atoms with Crippen LogP contribution in [0.1, 0.15) is 55.5 Å². The van der Waals surface area contributed by atoms with Crippen molar-refractivity contribution >= 4 is 17.6 Å². The maximum absolute atomic E-state index is 10.2. The summed E-state index contributed by atoms with van der Waals surface area (Å²) in [5.41, 5.74) is 5.25. The van der Waals surface area contributed by atoms with Gasteiger partial charge in [-0.2, -0.15) is 5.26 Å². The fourth-order valence-corrected chi connectivity index (χ4v) is 6.39. The van der Waals surface area contributed by atoms with E-state index in [1.165, 1.54) is 11.1 Å². The first-order chi connectivity index (χ1) is 17.2. The van der Waals surface area contributed by atoms with E-state index in [0.29, 0.717) is 18.7 Å². The lowest BCUT2D eigenvalue weighted by Crippen LogP contribution is -2.58. The molecule has 2 atom stereocenters. The van der Waals surface area contributed by atoms with E-state index in [0.717, 1.165) is 72.4 Å². The Hall–Kier alpha value is -2.11. The van der Waals surface area contributed by atoms with Gasteiger partial charge in [-0.25, -0.2) is 4.98 Å². The molecule has 0 amide bonds. The van der Waals surface area contributed by atoms with Crippen LogP contribution in [-0.2, 0) is 28.9 Å². The number of nitrogens with zero attached hydrogens (tertiary/aromatic N) is 4. The number of methoxy groups -OCH3 is 1. The van der Waals surface area contributed by atoms with Crippen LogP contribution in [0.3, 0.4) is 0 Å². The SMILES string of the molecule is COCCN1C(C)CN(c2nc(SCCc3ccc(C)cc3)c(C#N)c3c2COC(C)(C)C3)CC1C. The number of piperazine rings is 1. The number of ether oxygens (including phenoxy) is 2. The number of aryl methyl sites for hydroxylation is 2. The normalized spacial score (nSPS) is 21.8. The van der Waals surface area contributed by atoms with Crippen LogP contribution in [0.2, 0.25) is 0 Å². The van der Waals surface area contributed by atoms with Gasteiger partial charge >= 0.3 is 0 Å². The van der Waals surface area contributed by atoms with Crippen LogP contribution in [0.5, 0.6) is 0 Å². The number of anilines is 1. The minimum Gasteiger partial charge on any atom is -0.383 e. The maximum Gasteiger partial charge on any atom is 0.135 e. The Morgan fingerprint density at radius 1 is 1.17 bits per heavy atom. The molecule has 3 heterocycles. The highest BCUT2D eigenvalue weighted by Crippen LogP contribution is 2.39. The van der Waals surface area contributed by atoms with Crippen molar-refractivity contribution in [2.45, 2.75) is 76.8 Å². The van der Waals surface area contributed by atoms with Crippen molar-refractivity contribution in [3.8, 4) is 6.07 Å². The van der Waals surface area contributed by atoms with Gasteiger partial charge in [0.25, 0.3) is 0 Å². The van der Waals surface area contributed by atoms with Gasteiger partial charge in [0.15, 0.2) is 0 Å². The largest absolute Gasteiger partial charge is 0.383 e. The van der Waals surface area contributed by atoms with E-state index in [9.17, 15) is 5.26 Å². The second-order valence-corrected chi connectivity index (χ2v) is 11.9. The number of hydrogen-bond acceptors (Lipinski definition) is 7. The molecule has 1 aromatic heterocycles. The second-order valence-electron chi connectivity index (χ2n) is 10.8. The number of nitriles is 1. The third-order valence-corrected chi connectivity index (χ3v) is 8.36. The van der Waals surface area contributed by atoms with Gasteiger partial charge in [0.1, 0.15) is 16.9 Å². The Balaban J connectivity index is 1.63. The number of thioether (sulfide) groups is 1. The lowest BCUT2D eigenvalue weighted by molar-refractivity contribution is -0.0403.